The fraction of sp³-hybridized carbons (Fsp3) is 0.545. The first-order valence-electron chi connectivity index (χ1n) is 5.08. The normalized spacial score (nSPS) is 15.1. The lowest BCUT2D eigenvalue weighted by molar-refractivity contribution is 0.380. The molecule has 1 heterocycles. The van der Waals surface area contributed by atoms with Crippen LogP contribution >= 0.6 is 0 Å². The van der Waals surface area contributed by atoms with Gasteiger partial charge in [0.1, 0.15) is 0 Å². The van der Waals surface area contributed by atoms with Gasteiger partial charge in [0.25, 0.3) is 0 Å². The molecule has 0 aliphatic heterocycles. The molecule has 0 aliphatic rings. The van der Waals surface area contributed by atoms with Crippen molar-refractivity contribution in [2.75, 3.05) is 0 Å². The Labute approximate surface area is 85.7 Å². The van der Waals surface area contributed by atoms with E-state index >= 15 is 0 Å². The van der Waals surface area contributed by atoms with Crippen LogP contribution in [-0.4, -0.2) is 4.98 Å². The van der Waals surface area contributed by atoms with E-state index in [1.165, 1.54) is 5.56 Å². The molecular formula is C11H19N3. The number of hydrogen-bond acceptors (Lipinski definition) is 3. The van der Waals surface area contributed by atoms with Gasteiger partial charge in [-0.3, -0.25) is 16.3 Å². The molecule has 2 unspecified atom stereocenters. The zero-order valence-corrected chi connectivity index (χ0v) is 9.12. The molecule has 3 N–H and O–H groups in total. The maximum absolute atomic E-state index is 5.57. The van der Waals surface area contributed by atoms with Crippen molar-refractivity contribution in [2.45, 2.75) is 33.2 Å². The van der Waals surface area contributed by atoms with Gasteiger partial charge in [0, 0.05) is 11.9 Å². The maximum atomic E-state index is 5.57. The number of hydrogen-bond donors (Lipinski definition) is 2. The number of aromatic nitrogens is 1. The van der Waals surface area contributed by atoms with E-state index in [2.05, 4.69) is 30.3 Å². The molecule has 3 heteroatoms. The van der Waals surface area contributed by atoms with Gasteiger partial charge in [0.05, 0.1) is 6.04 Å². The molecule has 0 aromatic carbocycles. The van der Waals surface area contributed by atoms with Gasteiger partial charge in [0.15, 0.2) is 0 Å². The van der Waals surface area contributed by atoms with Gasteiger partial charge >= 0.3 is 0 Å². The average molecular weight is 193 g/mol. The third-order valence-corrected chi connectivity index (χ3v) is 2.78. The van der Waals surface area contributed by atoms with Crippen LogP contribution in [0, 0.1) is 12.8 Å². The van der Waals surface area contributed by atoms with Crippen molar-refractivity contribution in [3.63, 3.8) is 0 Å². The molecule has 1 aromatic heterocycles. The van der Waals surface area contributed by atoms with Gasteiger partial charge in [0.2, 0.25) is 0 Å². The summed E-state index contributed by atoms with van der Waals surface area (Å²) in [5.74, 6) is 6.09. The number of hydrazine groups is 1. The molecule has 0 saturated carbocycles. The van der Waals surface area contributed by atoms with Crippen LogP contribution in [0.2, 0.25) is 0 Å². The number of rotatable bonds is 4. The first-order valence-corrected chi connectivity index (χ1v) is 5.08. The third-order valence-electron chi connectivity index (χ3n) is 2.78. The summed E-state index contributed by atoms with van der Waals surface area (Å²) in [6.45, 7) is 6.37. The molecular weight excluding hydrogens is 174 g/mol. The van der Waals surface area contributed by atoms with E-state index in [4.69, 9.17) is 5.84 Å². The topological polar surface area (TPSA) is 50.9 Å². The van der Waals surface area contributed by atoms with Crippen LogP contribution in [0.5, 0.6) is 0 Å². The quantitative estimate of drug-likeness (QED) is 0.567. The lowest BCUT2D eigenvalue weighted by Gasteiger charge is -2.23. The van der Waals surface area contributed by atoms with E-state index in [-0.39, 0.29) is 6.04 Å². The highest BCUT2D eigenvalue weighted by Gasteiger charge is 2.18. The minimum Gasteiger partial charge on any atom is -0.271 e. The Kier molecular flexibility index (Phi) is 4.04. The first-order chi connectivity index (χ1) is 6.70. The fourth-order valence-corrected chi connectivity index (χ4v) is 1.62. The molecule has 0 spiro atoms. The Balaban J connectivity index is 2.94. The molecule has 0 bridgehead atoms. The lowest BCUT2D eigenvalue weighted by Crippen LogP contribution is -2.33. The largest absolute Gasteiger partial charge is 0.271 e. The Morgan fingerprint density at radius 1 is 1.57 bits per heavy atom. The predicted octanol–water partition coefficient (Wildman–Crippen LogP) is 1.94. The first kappa shape index (κ1) is 11.1. The van der Waals surface area contributed by atoms with Crippen LogP contribution < -0.4 is 11.3 Å². The Hall–Kier alpha value is -0.930. The summed E-state index contributed by atoms with van der Waals surface area (Å²) < 4.78 is 0. The number of nitrogens with two attached hydrogens (primary N) is 1. The lowest BCUT2D eigenvalue weighted by atomic mass is 9.92. The van der Waals surface area contributed by atoms with Crippen LogP contribution in [0.3, 0.4) is 0 Å². The average Bonchev–Trinajstić information content (AvgIpc) is 2.21. The van der Waals surface area contributed by atoms with Gasteiger partial charge in [-0.1, -0.05) is 26.3 Å². The molecule has 3 nitrogen and oxygen atoms in total. The maximum Gasteiger partial charge on any atom is 0.0503 e. The summed E-state index contributed by atoms with van der Waals surface area (Å²) in [7, 11) is 0. The highest BCUT2D eigenvalue weighted by atomic mass is 15.2. The Morgan fingerprint density at radius 2 is 2.29 bits per heavy atom. The van der Waals surface area contributed by atoms with Gasteiger partial charge < -0.3 is 0 Å². The molecule has 78 valence electrons. The Bertz CT molecular complexity index is 286. The second kappa shape index (κ2) is 5.08. The monoisotopic (exact) mass is 193 g/mol. The fourth-order valence-electron chi connectivity index (χ4n) is 1.62. The van der Waals surface area contributed by atoms with E-state index in [0.717, 1.165) is 12.1 Å². The molecule has 0 fully saturated rings. The van der Waals surface area contributed by atoms with Crippen LogP contribution in [0.1, 0.15) is 37.6 Å². The van der Waals surface area contributed by atoms with Crippen molar-refractivity contribution < 1.29 is 0 Å². The summed E-state index contributed by atoms with van der Waals surface area (Å²) in [6.07, 6.45) is 2.91. The van der Waals surface area contributed by atoms with Crippen molar-refractivity contribution in [1.82, 2.24) is 10.4 Å². The van der Waals surface area contributed by atoms with Crippen molar-refractivity contribution >= 4 is 0 Å². The van der Waals surface area contributed by atoms with Crippen LogP contribution in [0.25, 0.3) is 0 Å². The molecule has 1 rings (SSSR count). The molecule has 1 aromatic rings. The van der Waals surface area contributed by atoms with Crippen LogP contribution in [-0.2, 0) is 0 Å². The van der Waals surface area contributed by atoms with E-state index in [0.29, 0.717) is 5.92 Å². The van der Waals surface area contributed by atoms with E-state index in [1.807, 2.05) is 19.2 Å². The van der Waals surface area contributed by atoms with Crippen molar-refractivity contribution in [3.05, 3.63) is 29.6 Å². The van der Waals surface area contributed by atoms with Crippen molar-refractivity contribution in [2.24, 2.45) is 11.8 Å². The molecule has 0 saturated heterocycles. The minimum absolute atomic E-state index is 0.202. The number of nitrogens with zero attached hydrogens (tertiary/aromatic N) is 1. The Morgan fingerprint density at radius 3 is 2.79 bits per heavy atom. The van der Waals surface area contributed by atoms with Gasteiger partial charge in [-0.15, -0.1) is 0 Å². The van der Waals surface area contributed by atoms with Crippen molar-refractivity contribution in [3.8, 4) is 0 Å². The number of pyridine rings is 1. The van der Waals surface area contributed by atoms with Gasteiger partial charge in [-0.05, 0) is 24.5 Å². The van der Waals surface area contributed by atoms with E-state index in [1.54, 1.807) is 0 Å². The summed E-state index contributed by atoms with van der Waals surface area (Å²) in [5.41, 5.74) is 5.12. The second-order valence-corrected chi connectivity index (χ2v) is 3.71. The number of aryl methyl sites for hydroxylation is 1. The van der Waals surface area contributed by atoms with E-state index < -0.39 is 0 Å². The van der Waals surface area contributed by atoms with E-state index in [9.17, 15) is 0 Å². The summed E-state index contributed by atoms with van der Waals surface area (Å²) >= 11 is 0. The molecule has 0 aliphatic carbocycles. The minimum atomic E-state index is 0.202. The SMILES string of the molecule is CCC(C)C(NN)c1cccnc1C. The molecule has 14 heavy (non-hydrogen) atoms. The standard InChI is InChI=1S/C11H19N3/c1-4-8(2)11(14-12)10-6-5-7-13-9(10)3/h5-8,11,14H,4,12H2,1-3H3. The summed E-state index contributed by atoms with van der Waals surface area (Å²) in [4.78, 5) is 4.27. The zero-order valence-electron chi connectivity index (χ0n) is 9.12. The van der Waals surface area contributed by atoms with Gasteiger partial charge in [-0.25, -0.2) is 0 Å². The highest BCUT2D eigenvalue weighted by molar-refractivity contribution is 5.22. The second-order valence-electron chi connectivity index (χ2n) is 3.71. The molecule has 2 atom stereocenters. The molecule has 0 amide bonds. The summed E-state index contributed by atoms with van der Waals surface area (Å²) in [6, 6.07) is 4.24. The highest BCUT2D eigenvalue weighted by Crippen LogP contribution is 2.24. The predicted molar refractivity (Wildman–Crippen MR) is 58.5 cm³/mol. The van der Waals surface area contributed by atoms with Crippen LogP contribution in [0.15, 0.2) is 18.3 Å². The smallest absolute Gasteiger partial charge is 0.0503 e. The number of nitrogens with one attached hydrogen (secondary N) is 1. The van der Waals surface area contributed by atoms with Crippen molar-refractivity contribution in [1.29, 1.82) is 0 Å². The summed E-state index contributed by atoms with van der Waals surface area (Å²) in [5, 5.41) is 0. The third kappa shape index (κ3) is 2.30. The van der Waals surface area contributed by atoms with Gasteiger partial charge in [-0.2, -0.15) is 0 Å². The zero-order chi connectivity index (χ0) is 10.6. The van der Waals surface area contributed by atoms with Crippen LogP contribution in [0.4, 0.5) is 0 Å². The molecule has 0 radical (unpaired) electrons.